The number of hydrogen-bond donors (Lipinski definition) is 2. The van der Waals surface area contributed by atoms with Crippen LogP contribution in [0.3, 0.4) is 0 Å². The first kappa shape index (κ1) is 23.8. The third kappa shape index (κ3) is 4.77. The predicted molar refractivity (Wildman–Crippen MR) is 128 cm³/mol. The van der Waals surface area contributed by atoms with Crippen LogP contribution in [0.15, 0.2) is 48.5 Å². The Labute approximate surface area is 199 Å². The van der Waals surface area contributed by atoms with Gasteiger partial charge in [-0.05, 0) is 43.1 Å². The molecule has 1 heterocycles. The summed E-state index contributed by atoms with van der Waals surface area (Å²) in [6.45, 7) is 5.07. The molecule has 1 fully saturated rings. The average molecular weight is 466 g/mol. The maximum atomic E-state index is 13.1. The lowest BCUT2D eigenvalue weighted by Crippen LogP contribution is -2.60. The summed E-state index contributed by atoms with van der Waals surface area (Å²) in [4.78, 5) is 41.0. The third-order valence-electron chi connectivity index (χ3n) is 6.98. The second-order valence-corrected chi connectivity index (χ2v) is 9.23. The van der Waals surface area contributed by atoms with Crippen LogP contribution in [0.25, 0.3) is 11.1 Å². The SMILES string of the molecule is C[C@@H]1CN(C(=O)C(CC(=O)O)NC(=O)OCC2c3ccccc3-c3ccccc32)C[C@H](C)N1C. The summed E-state index contributed by atoms with van der Waals surface area (Å²) < 4.78 is 5.53. The van der Waals surface area contributed by atoms with E-state index in [1.807, 2.05) is 69.4 Å². The fraction of sp³-hybridized carbons (Fsp3) is 0.423. The van der Waals surface area contributed by atoms with Gasteiger partial charge in [-0.15, -0.1) is 0 Å². The van der Waals surface area contributed by atoms with Crippen LogP contribution in [0.4, 0.5) is 4.79 Å². The van der Waals surface area contributed by atoms with Crippen molar-refractivity contribution in [2.45, 2.75) is 44.3 Å². The van der Waals surface area contributed by atoms with Crippen LogP contribution in [0.2, 0.25) is 0 Å². The summed E-state index contributed by atoms with van der Waals surface area (Å²) in [5.74, 6) is -1.68. The molecule has 2 amide bonds. The Morgan fingerprint density at radius 1 is 1.00 bits per heavy atom. The monoisotopic (exact) mass is 465 g/mol. The highest BCUT2D eigenvalue weighted by Crippen LogP contribution is 2.44. The van der Waals surface area contributed by atoms with E-state index in [1.165, 1.54) is 0 Å². The number of alkyl carbamates (subject to hydrolysis) is 1. The molecule has 2 aromatic rings. The van der Waals surface area contributed by atoms with Crippen molar-refractivity contribution in [2.75, 3.05) is 26.7 Å². The van der Waals surface area contributed by atoms with Crippen LogP contribution in [-0.4, -0.2) is 77.7 Å². The molecule has 2 aromatic carbocycles. The largest absolute Gasteiger partial charge is 0.481 e. The Hall–Kier alpha value is -3.39. The Balaban J connectivity index is 1.43. The summed E-state index contributed by atoms with van der Waals surface area (Å²) in [6, 6.07) is 15.1. The Morgan fingerprint density at radius 2 is 1.53 bits per heavy atom. The molecule has 0 bridgehead atoms. The van der Waals surface area contributed by atoms with Gasteiger partial charge in [-0.25, -0.2) is 4.79 Å². The number of carbonyl (C=O) groups excluding carboxylic acids is 2. The van der Waals surface area contributed by atoms with Gasteiger partial charge in [0.25, 0.3) is 0 Å². The number of ether oxygens (including phenoxy) is 1. The van der Waals surface area contributed by atoms with Crippen molar-refractivity contribution in [3.63, 3.8) is 0 Å². The second kappa shape index (κ2) is 9.85. The van der Waals surface area contributed by atoms with Crippen molar-refractivity contribution in [2.24, 2.45) is 0 Å². The number of hydrogen-bond acceptors (Lipinski definition) is 5. The first-order chi connectivity index (χ1) is 16.3. The first-order valence-corrected chi connectivity index (χ1v) is 11.6. The quantitative estimate of drug-likeness (QED) is 0.681. The molecule has 1 saturated heterocycles. The molecule has 8 heteroatoms. The van der Waals surface area contributed by atoms with Crippen molar-refractivity contribution < 1.29 is 24.2 Å². The van der Waals surface area contributed by atoms with Crippen LogP contribution in [0.5, 0.6) is 0 Å². The number of aliphatic carboxylic acids is 1. The number of fused-ring (bicyclic) bond motifs is 3. The van der Waals surface area contributed by atoms with Crippen molar-refractivity contribution >= 4 is 18.0 Å². The number of carboxylic acid groups (broad SMARTS) is 1. The van der Waals surface area contributed by atoms with Gasteiger partial charge in [-0.3, -0.25) is 14.5 Å². The summed E-state index contributed by atoms with van der Waals surface area (Å²) in [5, 5.41) is 11.9. The van der Waals surface area contributed by atoms with Crippen LogP contribution in [0.1, 0.15) is 37.3 Å². The smallest absolute Gasteiger partial charge is 0.407 e. The van der Waals surface area contributed by atoms with Gasteiger partial charge in [0, 0.05) is 31.1 Å². The lowest BCUT2D eigenvalue weighted by Gasteiger charge is -2.43. The fourth-order valence-electron chi connectivity index (χ4n) is 4.96. The lowest BCUT2D eigenvalue weighted by molar-refractivity contribution is -0.144. The second-order valence-electron chi connectivity index (χ2n) is 9.23. The lowest BCUT2D eigenvalue weighted by atomic mass is 9.98. The molecule has 34 heavy (non-hydrogen) atoms. The maximum Gasteiger partial charge on any atom is 0.407 e. The Kier molecular flexibility index (Phi) is 6.88. The number of carboxylic acids is 1. The Bertz CT molecular complexity index is 1030. The molecule has 0 aromatic heterocycles. The number of nitrogens with one attached hydrogen (secondary N) is 1. The molecule has 180 valence electrons. The highest BCUT2D eigenvalue weighted by molar-refractivity contribution is 5.89. The minimum atomic E-state index is -1.18. The van der Waals surface area contributed by atoms with Crippen LogP contribution >= 0.6 is 0 Å². The molecule has 1 unspecified atom stereocenters. The minimum Gasteiger partial charge on any atom is -0.481 e. The summed E-state index contributed by atoms with van der Waals surface area (Å²) in [5.41, 5.74) is 4.39. The molecule has 0 radical (unpaired) electrons. The number of amides is 2. The van der Waals surface area contributed by atoms with Crippen molar-refractivity contribution in [1.82, 2.24) is 15.1 Å². The van der Waals surface area contributed by atoms with E-state index in [0.717, 1.165) is 22.3 Å². The molecule has 0 saturated carbocycles. The van der Waals surface area contributed by atoms with E-state index in [9.17, 15) is 19.5 Å². The summed E-state index contributed by atoms with van der Waals surface area (Å²) in [7, 11) is 2.00. The minimum absolute atomic E-state index is 0.0937. The van der Waals surface area contributed by atoms with Crippen LogP contribution in [-0.2, 0) is 14.3 Å². The van der Waals surface area contributed by atoms with Gasteiger partial charge < -0.3 is 20.1 Å². The molecule has 3 atom stereocenters. The van der Waals surface area contributed by atoms with Gasteiger partial charge in [0.2, 0.25) is 5.91 Å². The molecule has 2 aliphatic rings. The van der Waals surface area contributed by atoms with Crippen molar-refractivity contribution in [3.8, 4) is 11.1 Å². The predicted octanol–water partition coefficient (Wildman–Crippen LogP) is 2.92. The molecular weight excluding hydrogens is 434 g/mol. The van der Waals surface area contributed by atoms with Gasteiger partial charge in [-0.2, -0.15) is 0 Å². The zero-order valence-electron chi connectivity index (χ0n) is 19.7. The zero-order valence-corrected chi connectivity index (χ0v) is 19.7. The highest BCUT2D eigenvalue weighted by Gasteiger charge is 2.35. The standard InChI is InChI=1S/C26H31N3O5/c1-16-13-29(14-17(2)28(16)3)25(32)23(12-24(30)31)27-26(33)34-15-22-20-10-6-4-8-18(20)19-9-5-7-11-21(19)22/h4-11,16-17,22-23H,12-15H2,1-3H3,(H,27,33)(H,30,31)/t16-,17+,23?. The van der Waals surface area contributed by atoms with Crippen LogP contribution < -0.4 is 5.32 Å². The van der Waals surface area contributed by atoms with E-state index < -0.39 is 30.4 Å². The topological polar surface area (TPSA) is 99.2 Å². The number of benzene rings is 2. The van der Waals surface area contributed by atoms with Crippen LogP contribution in [0, 0.1) is 0 Å². The van der Waals surface area contributed by atoms with Gasteiger partial charge in [0.1, 0.15) is 12.6 Å². The fourth-order valence-corrected chi connectivity index (χ4v) is 4.96. The molecule has 0 spiro atoms. The molecule has 1 aliphatic carbocycles. The number of piperazine rings is 1. The number of rotatable bonds is 6. The molecule has 1 aliphatic heterocycles. The molecular formula is C26H31N3O5. The normalized spacial score (nSPS) is 20.9. The first-order valence-electron chi connectivity index (χ1n) is 11.6. The number of likely N-dealkylation sites (N-methyl/N-ethyl adjacent to an activating group) is 1. The van der Waals surface area contributed by atoms with Gasteiger partial charge in [0.15, 0.2) is 0 Å². The van der Waals surface area contributed by atoms with E-state index >= 15 is 0 Å². The number of carbonyl (C=O) groups is 3. The maximum absolute atomic E-state index is 13.1. The number of nitrogens with zero attached hydrogens (tertiary/aromatic N) is 2. The van der Waals surface area contributed by atoms with E-state index in [0.29, 0.717) is 13.1 Å². The molecule has 2 N–H and O–H groups in total. The van der Waals surface area contributed by atoms with E-state index in [1.54, 1.807) is 4.90 Å². The van der Waals surface area contributed by atoms with Gasteiger partial charge >= 0.3 is 12.1 Å². The summed E-state index contributed by atoms with van der Waals surface area (Å²) in [6.07, 6.45) is -1.30. The van der Waals surface area contributed by atoms with Crippen molar-refractivity contribution in [1.29, 1.82) is 0 Å². The molecule has 4 rings (SSSR count). The van der Waals surface area contributed by atoms with E-state index in [-0.39, 0.29) is 24.6 Å². The van der Waals surface area contributed by atoms with E-state index in [4.69, 9.17) is 4.74 Å². The van der Waals surface area contributed by atoms with Gasteiger partial charge in [-0.1, -0.05) is 48.5 Å². The zero-order chi connectivity index (χ0) is 24.4. The highest BCUT2D eigenvalue weighted by atomic mass is 16.5. The average Bonchev–Trinajstić information content (AvgIpc) is 3.13. The molecule has 8 nitrogen and oxygen atoms in total. The summed E-state index contributed by atoms with van der Waals surface area (Å²) >= 11 is 0. The van der Waals surface area contributed by atoms with Gasteiger partial charge in [0.05, 0.1) is 6.42 Å². The van der Waals surface area contributed by atoms with Crippen molar-refractivity contribution in [3.05, 3.63) is 59.7 Å². The third-order valence-corrected chi connectivity index (χ3v) is 6.98. The Morgan fingerprint density at radius 3 is 2.06 bits per heavy atom. The van der Waals surface area contributed by atoms with E-state index in [2.05, 4.69) is 10.2 Å².